The number of rotatable bonds is 9. The van der Waals surface area contributed by atoms with Crippen LogP contribution in [-0.4, -0.2) is 50.8 Å². The van der Waals surface area contributed by atoms with Gasteiger partial charge in [0.25, 0.3) is 0 Å². The van der Waals surface area contributed by atoms with Crippen molar-refractivity contribution < 1.29 is 33.1 Å². The second-order valence-electron chi connectivity index (χ2n) is 10.4. The van der Waals surface area contributed by atoms with E-state index in [2.05, 4.69) is 5.32 Å². The van der Waals surface area contributed by atoms with Crippen LogP contribution in [0, 0.1) is 5.82 Å². The fraction of sp³-hybridized carbons (Fsp3) is 0.310. The quantitative estimate of drug-likeness (QED) is 0.370. The third-order valence-corrected chi connectivity index (χ3v) is 7.44. The van der Waals surface area contributed by atoms with Gasteiger partial charge in [0.1, 0.15) is 23.2 Å². The Morgan fingerprint density at radius 1 is 1.08 bits per heavy atom. The monoisotopic (exact) mass is 554 g/mol. The number of alkyl carbamates (subject to hydrolysis) is 1. The molecule has 39 heavy (non-hydrogen) atoms. The largest absolute Gasteiger partial charge is 0.593 e. The number of carbonyl (C=O) groups excluding carboxylic acids is 1. The summed E-state index contributed by atoms with van der Waals surface area (Å²) < 4.78 is 40.1. The average Bonchev–Trinajstić information content (AvgIpc) is 2.86. The highest BCUT2D eigenvalue weighted by Gasteiger charge is 2.52. The Hall–Kier alpha value is -3.60. The minimum Gasteiger partial charge on any atom is -0.593 e. The van der Waals surface area contributed by atoms with Crippen LogP contribution in [0.5, 0.6) is 5.75 Å². The van der Waals surface area contributed by atoms with Crippen molar-refractivity contribution in [2.24, 2.45) is 0 Å². The Labute approximate surface area is 230 Å². The molecule has 0 bridgehead atoms. The number of ether oxygens (including phenoxy) is 2. The van der Waals surface area contributed by atoms with Gasteiger partial charge in [0.2, 0.25) is 0 Å². The highest BCUT2D eigenvalue weighted by atomic mass is 32.2. The van der Waals surface area contributed by atoms with E-state index in [1.165, 1.54) is 12.1 Å². The second-order valence-corrected chi connectivity index (χ2v) is 11.8. The molecule has 1 aliphatic heterocycles. The SMILES string of the molecule is CC(C)(C)OC(=O)N[C@@H](Cc1cccc([S+]([O-])N2CC(Oc3ccc(F)cc3)(c3ccccc3)C2)c1)C(=O)O. The zero-order valence-electron chi connectivity index (χ0n) is 21.9. The van der Waals surface area contributed by atoms with Crippen molar-refractivity contribution in [1.29, 1.82) is 0 Å². The summed E-state index contributed by atoms with van der Waals surface area (Å²) in [4.78, 5) is 24.4. The summed E-state index contributed by atoms with van der Waals surface area (Å²) in [6.45, 7) is 5.71. The molecule has 2 N–H and O–H groups in total. The standard InChI is InChI=1S/C29H31FN2O6S/c1-28(2,3)38-27(35)31-25(26(33)34)17-20-8-7-11-24(16-20)39(36)32-18-29(19-32,21-9-5-4-6-10-21)37-23-14-12-22(30)13-15-23/h4-16,25H,17-19H2,1-3H3,(H,31,35)(H,33,34)/t25-,39?/m0/s1. The smallest absolute Gasteiger partial charge is 0.408 e. The van der Waals surface area contributed by atoms with Crippen molar-refractivity contribution in [3.63, 3.8) is 0 Å². The van der Waals surface area contributed by atoms with E-state index in [1.807, 2.05) is 30.3 Å². The Balaban J connectivity index is 1.46. The molecule has 10 heteroatoms. The number of hydrogen-bond donors (Lipinski definition) is 2. The summed E-state index contributed by atoms with van der Waals surface area (Å²) in [6.07, 6.45) is -0.838. The van der Waals surface area contributed by atoms with E-state index in [0.717, 1.165) is 5.56 Å². The number of carbonyl (C=O) groups is 2. The van der Waals surface area contributed by atoms with Gasteiger partial charge >= 0.3 is 12.1 Å². The van der Waals surface area contributed by atoms with Crippen LogP contribution in [0.4, 0.5) is 9.18 Å². The van der Waals surface area contributed by atoms with Crippen LogP contribution in [0.3, 0.4) is 0 Å². The molecule has 1 fully saturated rings. The number of carboxylic acid groups (broad SMARTS) is 1. The van der Waals surface area contributed by atoms with Gasteiger partial charge in [-0.2, -0.15) is 0 Å². The minimum absolute atomic E-state index is 0.0127. The molecule has 4 rings (SSSR count). The highest BCUT2D eigenvalue weighted by molar-refractivity contribution is 7.89. The number of amides is 1. The van der Waals surface area contributed by atoms with Gasteiger partial charge in [-0.05, 0) is 68.3 Å². The third-order valence-electron chi connectivity index (χ3n) is 6.05. The van der Waals surface area contributed by atoms with Gasteiger partial charge in [-0.1, -0.05) is 42.5 Å². The van der Waals surface area contributed by atoms with Crippen molar-refractivity contribution in [2.45, 2.75) is 49.3 Å². The number of nitrogens with one attached hydrogen (secondary N) is 1. The first-order valence-corrected chi connectivity index (χ1v) is 13.5. The number of aliphatic carboxylic acids is 1. The zero-order valence-corrected chi connectivity index (χ0v) is 22.7. The summed E-state index contributed by atoms with van der Waals surface area (Å²) in [5.41, 5.74) is -0.0233. The van der Waals surface area contributed by atoms with Gasteiger partial charge in [0.05, 0.1) is 24.5 Å². The topological polar surface area (TPSA) is 111 Å². The molecule has 0 aliphatic carbocycles. The summed E-state index contributed by atoms with van der Waals surface area (Å²) in [5.74, 6) is -1.07. The van der Waals surface area contributed by atoms with Gasteiger partial charge < -0.3 is 24.4 Å². The van der Waals surface area contributed by atoms with Gasteiger partial charge in [0, 0.05) is 6.42 Å². The van der Waals surface area contributed by atoms with Crippen LogP contribution < -0.4 is 10.1 Å². The van der Waals surface area contributed by atoms with Gasteiger partial charge in [-0.3, -0.25) is 0 Å². The van der Waals surface area contributed by atoms with E-state index in [9.17, 15) is 23.6 Å². The van der Waals surface area contributed by atoms with Crippen LogP contribution in [-0.2, 0) is 32.9 Å². The molecule has 0 saturated carbocycles. The zero-order chi connectivity index (χ0) is 28.2. The average molecular weight is 555 g/mol. The molecule has 3 aromatic rings. The molecule has 0 radical (unpaired) electrons. The van der Waals surface area contributed by atoms with Gasteiger partial charge in [0.15, 0.2) is 10.5 Å². The van der Waals surface area contributed by atoms with Crippen molar-refractivity contribution in [3.05, 3.63) is 95.8 Å². The van der Waals surface area contributed by atoms with E-state index < -0.39 is 40.7 Å². The summed E-state index contributed by atoms with van der Waals surface area (Å²) in [7, 11) is 0. The van der Waals surface area contributed by atoms with E-state index in [1.54, 1.807) is 61.5 Å². The number of benzene rings is 3. The lowest BCUT2D eigenvalue weighted by molar-refractivity contribution is -0.139. The van der Waals surface area contributed by atoms with Crippen molar-refractivity contribution in [2.75, 3.05) is 13.1 Å². The fourth-order valence-corrected chi connectivity index (χ4v) is 5.63. The lowest BCUT2D eigenvalue weighted by Gasteiger charge is -2.48. The van der Waals surface area contributed by atoms with Crippen molar-refractivity contribution >= 4 is 23.4 Å². The molecular weight excluding hydrogens is 523 g/mol. The van der Waals surface area contributed by atoms with E-state index in [-0.39, 0.29) is 12.2 Å². The van der Waals surface area contributed by atoms with Crippen LogP contribution in [0.15, 0.2) is 83.8 Å². The van der Waals surface area contributed by atoms with Crippen LogP contribution in [0.2, 0.25) is 0 Å². The molecule has 1 aliphatic rings. The summed E-state index contributed by atoms with van der Waals surface area (Å²) in [6, 6.07) is 20.9. The summed E-state index contributed by atoms with van der Waals surface area (Å²) >= 11 is -1.55. The molecule has 1 amide bonds. The van der Waals surface area contributed by atoms with Gasteiger partial charge in [-0.15, -0.1) is 4.31 Å². The fourth-order valence-electron chi connectivity index (χ4n) is 4.23. The predicted molar refractivity (Wildman–Crippen MR) is 144 cm³/mol. The maximum absolute atomic E-state index is 13.5. The van der Waals surface area contributed by atoms with E-state index in [4.69, 9.17) is 9.47 Å². The summed E-state index contributed by atoms with van der Waals surface area (Å²) in [5, 5.41) is 12.0. The predicted octanol–water partition coefficient (Wildman–Crippen LogP) is 4.66. The molecule has 3 aromatic carbocycles. The first-order chi connectivity index (χ1) is 18.4. The number of hydrogen-bond acceptors (Lipinski definition) is 6. The Morgan fingerprint density at radius 3 is 2.36 bits per heavy atom. The molecule has 1 heterocycles. The van der Waals surface area contributed by atoms with Gasteiger partial charge in [-0.25, -0.2) is 14.0 Å². The second kappa shape index (κ2) is 11.6. The molecule has 206 valence electrons. The maximum atomic E-state index is 13.5. The maximum Gasteiger partial charge on any atom is 0.408 e. The first kappa shape index (κ1) is 28.4. The lowest BCUT2D eigenvalue weighted by Crippen LogP contribution is -2.64. The van der Waals surface area contributed by atoms with E-state index in [0.29, 0.717) is 29.3 Å². The number of halogens is 1. The third kappa shape index (κ3) is 7.29. The van der Waals surface area contributed by atoms with Crippen LogP contribution in [0.1, 0.15) is 31.9 Å². The van der Waals surface area contributed by atoms with Crippen molar-refractivity contribution in [1.82, 2.24) is 9.62 Å². The molecule has 0 aromatic heterocycles. The molecule has 0 spiro atoms. The normalized spacial score (nSPS) is 16.4. The number of nitrogens with zero attached hydrogens (tertiary/aromatic N) is 1. The van der Waals surface area contributed by atoms with Crippen molar-refractivity contribution in [3.8, 4) is 5.75 Å². The van der Waals surface area contributed by atoms with Crippen LogP contribution >= 0.6 is 0 Å². The molecule has 1 unspecified atom stereocenters. The lowest BCUT2D eigenvalue weighted by atomic mass is 9.87. The first-order valence-electron chi connectivity index (χ1n) is 12.4. The minimum atomic E-state index is -1.55. The Kier molecular flexibility index (Phi) is 8.48. The Morgan fingerprint density at radius 2 is 1.74 bits per heavy atom. The number of carboxylic acids is 1. The van der Waals surface area contributed by atoms with E-state index >= 15 is 0 Å². The molecule has 8 nitrogen and oxygen atoms in total. The molecule has 1 saturated heterocycles. The Bertz CT molecular complexity index is 1290. The highest BCUT2D eigenvalue weighted by Crippen LogP contribution is 2.40. The molecule has 2 atom stereocenters. The molecular formula is C29H31FN2O6S. The van der Waals surface area contributed by atoms with Crippen LogP contribution in [0.25, 0.3) is 0 Å².